The normalized spacial score (nSPS) is 10.8. The molecule has 0 atom stereocenters. The third-order valence-corrected chi connectivity index (χ3v) is 3.77. The maximum atomic E-state index is 12.2. The Labute approximate surface area is 145 Å². The van der Waals surface area contributed by atoms with E-state index in [0.717, 1.165) is 0 Å². The summed E-state index contributed by atoms with van der Waals surface area (Å²) in [6.07, 6.45) is 1.47. The molecule has 0 saturated heterocycles. The molecule has 3 aromatic rings. The van der Waals surface area contributed by atoms with Crippen LogP contribution in [0.15, 0.2) is 48.7 Å². The molecular formula is C19H18N4O2. The van der Waals surface area contributed by atoms with Crippen LogP contribution >= 0.6 is 0 Å². The van der Waals surface area contributed by atoms with Crippen molar-refractivity contribution in [1.82, 2.24) is 9.97 Å². The lowest BCUT2D eigenvalue weighted by molar-refractivity contribution is 0.0939. The van der Waals surface area contributed by atoms with Crippen LogP contribution in [0, 0.1) is 5.92 Å². The Bertz CT molecular complexity index is 949. The van der Waals surface area contributed by atoms with Gasteiger partial charge in [0.15, 0.2) is 11.6 Å². The van der Waals surface area contributed by atoms with E-state index in [1.807, 2.05) is 13.8 Å². The first-order valence-corrected chi connectivity index (χ1v) is 7.92. The molecule has 3 N–H and O–H groups in total. The molecule has 0 aliphatic heterocycles. The number of fused-ring (bicyclic) bond motifs is 1. The van der Waals surface area contributed by atoms with Crippen molar-refractivity contribution in [2.24, 2.45) is 5.92 Å². The molecule has 0 aliphatic rings. The molecule has 25 heavy (non-hydrogen) atoms. The predicted molar refractivity (Wildman–Crippen MR) is 97.5 cm³/mol. The molecule has 1 heterocycles. The van der Waals surface area contributed by atoms with Gasteiger partial charge in [0, 0.05) is 22.7 Å². The standard InChI is InChI=1S/C19H18N4O2/c1-11(2)18(24)13-5-8-15-16(9-13)21-10-17(22-15)23-19(25)12-3-6-14(20)7-4-12/h3-11H,20H2,1-2H3,(H,22,23,25). The summed E-state index contributed by atoms with van der Waals surface area (Å²) in [5.74, 6) is 0.0332. The fourth-order valence-electron chi connectivity index (χ4n) is 2.38. The van der Waals surface area contributed by atoms with Crippen LogP contribution in [-0.4, -0.2) is 21.7 Å². The van der Waals surface area contributed by atoms with Crippen LogP contribution in [0.25, 0.3) is 11.0 Å². The fraction of sp³-hybridized carbons (Fsp3) is 0.158. The van der Waals surface area contributed by atoms with Gasteiger partial charge < -0.3 is 11.1 Å². The minimum atomic E-state index is -0.291. The molecule has 0 aliphatic carbocycles. The number of anilines is 2. The van der Waals surface area contributed by atoms with E-state index in [4.69, 9.17) is 5.73 Å². The van der Waals surface area contributed by atoms with Gasteiger partial charge in [-0.25, -0.2) is 4.98 Å². The summed E-state index contributed by atoms with van der Waals surface area (Å²) in [5.41, 5.74) is 8.51. The Balaban J connectivity index is 1.84. The van der Waals surface area contributed by atoms with Crippen LogP contribution in [0.3, 0.4) is 0 Å². The number of carbonyl (C=O) groups is 2. The van der Waals surface area contributed by atoms with E-state index < -0.39 is 0 Å². The zero-order valence-corrected chi connectivity index (χ0v) is 14.0. The highest BCUT2D eigenvalue weighted by Gasteiger charge is 2.12. The third-order valence-electron chi connectivity index (χ3n) is 3.77. The second-order valence-electron chi connectivity index (χ2n) is 6.05. The van der Waals surface area contributed by atoms with E-state index >= 15 is 0 Å². The largest absolute Gasteiger partial charge is 0.399 e. The van der Waals surface area contributed by atoms with E-state index in [1.165, 1.54) is 6.20 Å². The van der Waals surface area contributed by atoms with Crippen LogP contribution < -0.4 is 11.1 Å². The van der Waals surface area contributed by atoms with Gasteiger partial charge in [0.2, 0.25) is 0 Å². The number of ketones is 1. The maximum absolute atomic E-state index is 12.2. The number of nitrogen functional groups attached to an aromatic ring is 1. The number of carbonyl (C=O) groups excluding carboxylic acids is 2. The molecule has 0 bridgehead atoms. The summed E-state index contributed by atoms with van der Waals surface area (Å²) in [5, 5.41) is 2.71. The summed E-state index contributed by atoms with van der Waals surface area (Å²) in [6.45, 7) is 3.71. The SMILES string of the molecule is CC(C)C(=O)c1ccc2nc(NC(=O)c3ccc(N)cc3)cnc2c1. The lowest BCUT2D eigenvalue weighted by atomic mass is 10.0. The Hall–Kier alpha value is -3.28. The molecule has 1 amide bonds. The lowest BCUT2D eigenvalue weighted by Crippen LogP contribution is -2.13. The molecule has 126 valence electrons. The van der Waals surface area contributed by atoms with E-state index in [0.29, 0.717) is 33.7 Å². The molecule has 6 nitrogen and oxygen atoms in total. The van der Waals surface area contributed by atoms with Gasteiger partial charge >= 0.3 is 0 Å². The van der Waals surface area contributed by atoms with E-state index in [9.17, 15) is 9.59 Å². The average molecular weight is 334 g/mol. The fourth-order valence-corrected chi connectivity index (χ4v) is 2.38. The molecule has 0 radical (unpaired) electrons. The molecule has 0 fully saturated rings. The Morgan fingerprint density at radius 2 is 1.68 bits per heavy atom. The van der Waals surface area contributed by atoms with Crippen molar-refractivity contribution in [2.75, 3.05) is 11.1 Å². The minimum Gasteiger partial charge on any atom is -0.399 e. The first kappa shape index (κ1) is 16.6. The van der Waals surface area contributed by atoms with Crippen molar-refractivity contribution in [3.8, 4) is 0 Å². The van der Waals surface area contributed by atoms with E-state index in [1.54, 1.807) is 42.5 Å². The summed E-state index contributed by atoms with van der Waals surface area (Å²) in [7, 11) is 0. The highest BCUT2D eigenvalue weighted by Crippen LogP contribution is 2.17. The van der Waals surface area contributed by atoms with Gasteiger partial charge in [-0.1, -0.05) is 13.8 Å². The quantitative estimate of drug-likeness (QED) is 0.563. The zero-order chi connectivity index (χ0) is 18.0. The molecular weight excluding hydrogens is 316 g/mol. The number of hydrogen-bond acceptors (Lipinski definition) is 5. The van der Waals surface area contributed by atoms with Gasteiger partial charge in [0.05, 0.1) is 17.2 Å². The summed E-state index contributed by atoms with van der Waals surface area (Å²) >= 11 is 0. The van der Waals surface area contributed by atoms with E-state index in [2.05, 4.69) is 15.3 Å². The maximum Gasteiger partial charge on any atom is 0.256 e. The summed E-state index contributed by atoms with van der Waals surface area (Å²) in [6, 6.07) is 11.8. The van der Waals surface area contributed by atoms with Crippen LogP contribution in [0.5, 0.6) is 0 Å². The Morgan fingerprint density at radius 3 is 2.36 bits per heavy atom. The monoisotopic (exact) mass is 334 g/mol. The summed E-state index contributed by atoms with van der Waals surface area (Å²) < 4.78 is 0. The number of Topliss-reactive ketones (excluding diaryl/α,β-unsaturated/α-hetero) is 1. The van der Waals surface area contributed by atoms with Crippen molar-refractivity contribution < 1.29 is 9.59 Å². The first-order valence-electron chi connectivity index (χ1n) is 7.92. The van der Waals surface area contributed by atoms with Crippen LogP contribution in [0.1, 0.15) is 34.6 Å². The van der Waals surface area contributed by atoms with Crippen LogP contribution in [0.2, 0.25) is 0 Å². The number of nitrogens with zero attached hydrogens (tertiary/aromatic N) is 2. The molecule has 2 aromatic carbocycles. The van der Waals surface area contributed by atoms with Gasteiger partial charge in [-0.3, -0.25) is 14.6 Å². The number of rotatable bonds is 4. The van der Waals surface area contributed by atoms with Crippen molar-refractivity contribution >= 4 is 34.2 Å². The average Bonchev–Trinajstić information content (AvgIpc) is 2.61. The second kappa shape index (κ2) is 6.68. The highest BCUT2D eigenvalue weighted by molar-refractivity contribution is 6.04. The Morgan fingerprint density at radius 1 is 1.00 bits per heavy atom. The Kier molecular flexibility index (Phi) is 4.43. The molecule has 0 unspecified atom stereocenters. The number of nitrogens with one attached hydrogen (secondary N) is 1. The number of benzene rings is 2. The smallest absolute Gasteiger partial charge is 0.256 e. The first-order chi connectivity index (χ1) is 11.9. The molecule has 0 spiro atoms. The predicted octanol–water partition coefficient (Wildman–Crippen LogP) is 3.30. The highest BCUT2D eigenvalue weighted by atomic mass is 16.1. The summed E-state index contributed by atoms with van der Waals surface area (Å²) in [4.78, 5) is 33.0. The van der Waals surface area contributed by atoms with Gasteiger partial charge in [0.1, 0.15) is 0 Å². The number of aromatic nitrogens is 2. The van der Waals surface area contributed by atoms with Gasteiger partial charge in [-0.2, -0.15) is 0 Å². The molecule has 3 rings (SSSR count). The molecule has 0 saturated carbocycles. The van der Waals surface area contributed by atoms with Gasteiger partial charge in [0.25, 0.3) is 5.91 Å². The number of hydrogen-bond donors (Lipinski definition) is 2. The lowest BCUT2D eigenvalue weighted by Gasteiger charge is -2.07. The topological polar surface area (TPSA) is 98.0 Å². The van der Waals surface area contributed by atoms with Crippen molar-refractivity contribution in [3.05, 3.63) is 59.8 Å². The molecule has 1 aromatic heterocycles. The van der Waals surface area contributed by atoms with E-state index in [-0.39, 0.29) is 17.6 Å². The van der Waals surface area contributed by atoms with Crippen LogP contribution in [-0.2, 0) is 0 Å². The third kappa shape index (κ3) is 3.63. The van der Waals surface area contributed by atoms with Crippen LogP contribution in [0.4, 0.5) is 11.5 Å². The van der Waals surface area contributed by atoms with Gasteiger partial charge in [-0.05, 0) is 42.5 Å². The van der Waals surface area contributed by atoms with Crippen molar-refractivity contribution in [1.29, 1.82) is 0 Å². The molecule has 6 heteroatoms. The van der Waals surface area contributed by atoms with Crippen molar-refractivity contribution in [3.63, 3.8) is 0 Å². The minimum absolute atomic E-state index is 0.0597. The number of amides is 1. The van der Waals surface area contributed by atoms with Gasteiger partial charge in [-0.15, -0.1) is 0 Å². The second-order valence-corrected chi connectivity index (χ2v) is 6.05. The van der Waals surface area contributed by atoms with Crippen molar-refractivity contribution in [2.45, 2.75) is 13.8 Å². The number of nitrogens with two attached hydrogens (primary N) is 1. The zero-order valence-electron chi connectivity index (χ0n) is 14.0.